The Bertz CT molecular complexity index is 541. The normalized spacial score (nSPS) is 13.6. The van der Waals surface area contributed by atoms with Crippen LogP contribution in [-0.2, 0) is 6.42 Å². The number of carboxylic acid groups (broad SMARTS) is 1. The number of aromatic carboxylic acids is 1. The van der Waals surface area contributed by atoms with Gasteiger partial charge in [-0.3, -0.25) is 0 Å². The zero-order valence-electron chi connectivity index (χ0n) is 12.9. The van der Waals surface area contributed by atoms with E-state index in [0.717, 1.165) is 6.42 Å². The molecule has 0 aromatic heterocycles. The van der Waals surface area contributed by atoms with E-state index in [1.54, 1.807) is 6.07 Å². The molecule has 1 aromatic carbocycles. The molecule has 1 unspecified atom stereocenters. The van der Waals surface area contributed by atoms with Crippen molar-refractivity contribution >= 4 is 17.6 Å². The summed E-state index contributed by atoms with van der Waals surface area (Å²) in [6.07, 6.45) is 1.36. The fraction of sp³-hybridized carbons (Fsp3) is 0.467. The predicted octanol–water partition coefficient (Wildman–Crippen LogP) is 1.78. The highest BCUT2D eigenvalue weighted by atomic mass is 16.4. The van der Waals surface area contributed by atoms with Crippen molar-refractivity contribution in [3.63, 3.8) is 0 Å². The Morgan fingerprint density at radius 2 is 1.95 bits per heavy atom. The summed E-state index contributed by atoms with van der Waals surface area (Å²) < 4.78 is 0. The fourth-order valence-corrected chi connectivity index (χ4v) is 2.01. The first-order valence-corrected chi connectivity index (χ1v) is 7.08. The molecule has 6 nitrogen and oxygen atoms in total. The topological polar surface area (TPSA) is 94.6 Å². The summed E-state index contributed by atoms with van der Waals surface area (Å²) in [5.74, 6) is 6.14. The van der Waals surface area contributed by atoms with Gasteiger partial charge in [-0.05, 0) is 37.5 Å². The summed E-state index contributed by atoms with van der Waals surface area (Å²) in [7, 11) is 1.44. The maximum atomic E-state index is 12.2. The molecule has 0 aliphatic rings. The number of carbonyl (C=O) groups excluding carboxylic acids is 1. The lowest BCUT2D eigenvalue weighted by atomic mass is 9.98. The molecule has 0 spiro atoms. The lowest BCUT2D eigenvalue weighted by Gasteiger charge is -2.20. The van der Waals surface area contributed by atoms with E-state index >= 15 is 0 Å². The Morgan fingerprint density at radius 3 is 2.38 bits per heavy atom. The Labute approximate surface area is 124 Å². The molecule has 0 aliphatic heterocycles. The molecule has 21 heavy (non-hydrogen) atoms. The number of quaternary nitrogens is 1. The molecule has 0 bridgehead atoms. The van der Waals surface area contributed by atoms with Crippen LogP contribution in [0.1, 0.15) is 53.5 Å². The second-order valence-corrected chi connectivity index (χ2v) is 5.12. The number of nitrogens with one attached hydrogen (secondary N) is 3. The predicted molar refractivity (Wildman–Crippen MR) is 81.7 cm³/mol. The molecule has 116 valence electrons. The summed E-state index contributed by atoms with van der Waals surface area (Å²) in [6, 6.07) is 3.20. The van der Waals surface area contributed by atoms with Gasteiger partial charge in [0.15, 0.2) is 0 Å². The van der Waals surface area contributed by atoms with E-state index < -0.39 is 5.97 Å². The third-order valence-electron chi connectivity index (χ3n) is 3.45. The number of aryl methyl sites for hydroxylation is 1. The molecule has 1 rings (SSSR count). The standard InChI is InChI=1S/C15H23N3O3/c1-5-9(3)17-13-8-11(15(20)21)10(6-2)7-12(13)14(19)18(4)16/h7-9,16-18H,5-6H2,1-4H3,(H,20,21)/t9-/m1/s1. The summed E-state index contributed by atoms with van der Waals surface area (Å²) in [6.45, 7) is 5.80. The van der Waals surface area contributed by atoms with E-state index in [4.69, 9.17) is 5.84 Å². The van der Waals surface area contributed by atoms with Gasteiger partial charge >= 0.3 is 11.9 Å². The van der Waals surface area contributed by atoms with Crippen LogP contribution in [0.4, 0.5) is 5.69 Å². The minimum absolute atomic E-state index is 0.0627. The highest BCUT2D eigenvalue weighted by Gasteiger charge is 2.21. The maximum Gasteiger partial charge on any atom is 0.336 e. The Morgan fingerprint density at radius 1 is 1.33 bits per heavy atom. The first kappa shape index (κ1) is 17.1. The van der Waals surface area contributed by atoms with Gasteiger partial charge in [-0.2, -0.15) is 0 Å². The van der Waals surface area contributed by atoms with Crippen molar-refractivity contribution in [2.24, 2.45) is 0 Å². The first-order chi connectivity index (χ1) is 9.81. The molecule has 0 heterocycles. The Kier molecular flexibility index (Phi) is 5.87. The largest absolute Gasteiger partial charge is 0.478 e. The van der Waals surface area contributed by atoms with E-state index in [0.29, 0.717) is 23.2 Å². The zero-order chi connectivity index (χ0) is 16.2. The second kappa shape index (κ2) is 7.19. The van der Waals surface area contributed by atoms with Crippen LogP contribution < -0.4 is 10.3 Å². The number of carbonyl (C=O) groups is 2. The zero-order valence-corrected chi connectivity index (χ0v) is 12.9. The van der Waals surface area contributed by atoms with Gasteiger partial charge in [-0.15, -0.1) is 0 Å². The number of hydrogen-bond donors (Lipinski definition) is 3. The average Bonchev–Trinajstić information content (AvgIpc) is 2.45. The van der Waals surface area contributed by atoms with Gasteiger partial charge in [-0.25, -0.2) is 9.59 Å². The summed E-state index contributed by atoms with van der Waals surface area (Å²) >= 11 is 0. The van der Waals surface area contributed by atoms with Gasteiger partial charge in [0.2, 0.25) is 0 Å². The number of rotatable bonds is 6. The van der Waals surface area contributed by atoms with E-state index in [2.05, 4.69) is 5.32 Å². The van der Waals surface area contributed by atoms with Crippen molar-refractivity contribution < 1.29 is 19.7 Å². The highest BCUT2D eigenvalue weighted by molar-refractivity contribution is 5.98. The van der Waals surface area contributed by atoms with Crippen LogP contribution in [0.5, 0.6) is 0 Å². The van der Waals surface area contributed by atoms with Crippen molar-refractivity contribution in [3.05, 3.63) is 34.7 Å². The molecule has 6 heteroatoms. The SMILES string of the molecule is CCc1cc(C(=O)[NH+](C)[NH-])c(N[C@H](C)CC)cc1C(=O)O. The van der Waals surface area contributed by atoms with Crippen LogP contribution in [0.2, 0.25) is 0 Å². The van der Waals surface area contributed by atoms with Crippen molar-refractivity contribution in [1.82, 2.24) is 0 Å². The molecular formula is C15H23N3O3. The van der Waals surface area contributed by atoms with E-state index in [9.17, 15) is 14.7 Å². The van der Waals surface area contributed by atoms with Crippen LogP contribution in [-0.4, -0.2) is 30.1 Å². The quantitative estimate of drug-likeness (QED) is 0.697. The van der Waals surface area contributed by atoms with Crippen molar-refractivity contribution in [2.75, 3.05) is 12.4 Å². The van der Waals surface area contributed by atoms with Crippen LogP contribution in [0.25, 0.3) is 5.84 Å². The van der Waals surface area contributed by atoms with Crippen LogP contribution in [0, 0.1) is 0 Å². The summed E-state index contributed by atoms with van der Waals surface area (Å²) in [4.78, 5) is 23.5. The molecule has 0 radical (unpaired) electrons. The number of anilines is 1. The third kappa shape index (κ3) is 4.03. The van der Waals surface area contributed by atoms with Crippen molar-refractivity contribution in [1.29, 1.82) is 0 Å². The minimum atomic E-state index is -1.01. The Balaban J connectivity index is 3.44. The molecular weight excluding hydrogens is 270 g/mol. The molecule has 0 saturated carbocycles. The lowest BCUT2D eigenvalue weighted by molar-refractivity contribution is -0.732. The summed E-state index contributed by atoms with van der Waals surface area (Å²) in [5, 5.41) is 12.4. The van der Waals surface area contributed by atoms with Gasteiger partial charge < -0.3 is 21.3 Å². The smallest absolute Gasteiger partial charge is 0.336 e. The number of benzene rings is 1. The maximum absolute atomic E-state index is 12.2. The Hall–Kier alpha value is -1.92. The van der Waals surface area contributed by atoms with Crippen LogP contribution in [0.3, 0.4) is 0 Å². The minimum Gasteiger partial charge on any atom is -0.478 e. The lowest BCUT2D eigenvalue weighted by Crippen LogP contribution is -3.05. The highest BCUT2D eigenvalue weighted by Crippen LogP contribution is 2.23. The fourth-order valence-electron chi connectivity index (χ4n) is 2.01. The van der Waals surface area contributed by atoms with Crippen LogP contribution >= 0.6 is 0 Å². The molecule has 1 aromatic rings. The molecule has 2 atom stereocenters. The molecule has 0 aliphatic carbocycles. The summed E-state index contributed by atoms with van der Waals surface area (Å²) in [5.41, 5.74) is 1.64. The number of amides is 1. The number of carboxylic acids is 1. The average molecular weight is 293 g/mol. The monoisotopic (exact) mass is 293 g/mol. The first-order valence-electron chi connectivity index (χ1n) is 7.08. The van der Waals surface area contributed by atoms with Crippen molar-refractivity contribution in [3.8, 4) is 0 Å². The van der Waals surface area contributed by atoms with Gasteiger partial charge in [0.05, 0.1) is 18.3 Å². The van der Waals surface area contributed by atoms with Gasteiger partial charge in [0.25, 0.3) is 0 Å². The van der Waals surface area contributed by atoms with E-state index in [1.807, 2.05) is 20.8 Å². The molecule has 4 N–H and O–H groups in total. The molecule has 1 amide bonds. The van der Waals surface area contributed by atoms with Crippen molar-refractivity contribution in [2.45, 2.75) is 39.7 Å². The third-order valence-corrected chi connectivity index (χ3v) is 3.45. The van der Waals surface area contributed by atoms with Gasteiger partial charge in [-0.1, -0.05) is 13.8 Å². The van der Waals surface area contributed by atoms with Crippen LogP contribution in [0.15, 0.2) is 12.1 Å². The van der Waals surface area contributed by atoms with E-state index in [-0.39, 0.29) is 22.5 Å². The van der Waals surface area contributed by atoms with E-state index in [1.165, 1.54) is 13.1 Å². The van der Waals surface area contributed by atoms with Gasteiger partial charge in [0, 0.05) is 6.04 Å². The molecule has 0 saturated heterocycles. The molecule has 0 fully saturated rings. The van der Waals surface area contributed by atoms with Gasteiger partial charge in [0.1, 0.15) is 5.56 Å². The number of hydrogen-bond acceptors (Lipinski definition) is 3. The second-order valence-electron chi connectivity index (χ2n) is 5.12.